The van der Waals surface area contributed by atoms with Crippen molar-refractivity contribution < 1.29 is 19.4 Å². The maximum Gasteiger partial charge on any atom is 0.266 e. The zero-order valence-corrected chi connectivity index (χ0v) is 18.4. The summed E-state index contributed by atoms with van der Waals surface area (Å²) in [7, 11) is 3.21. The molecule has 0 radical (unpaired) electrons. The van der Waals surface area contributed by atoms with Gasteiger partial charge < -0.3 is 14.6 Å². The average Bonchev–Trinajstić information content (AvgIpc) is 2.98. The van der Waals surface area contributed by atoms with Gasteiger partial charge in [0.2, 0.25) is 0 Å². The van der Waals surface area contributed by atoms with Crippen LogP contribution in [0.5, 0.6) is 11.5 Å². The zero-order chi connectivity index (χ0) is 20.1. The van der Waals surface area contributed by atoms with Gasteiger partial charge >= 0.3 is 0 Å². The molecule has 6 nitrogen and oxygen atoms in total. The van der Waals surface area contributed by atoms with Crippen molar-refractivity contribution in [2.75, 3.05) is 27.4 Å². The van der Waals surface area contributed by atoms with E-state index in [-0.39, 0.29) is 11.7 Å². The molecule has 0 aromatic heterocycles. The van der Waals surface area contributed by atoms with Gasteiger partial charge in [-0.3, -0.25) is 9.69 Å². The van der Waals surface area contributed by atoms with E-state index in [9.17, 15) is 9.90 Å². The van der Waals surface area contributed by atoms with Crippen LogP contribution in [0.25, 0.3) is 6.08 Å². The number of amides is 1. The van der Waals surface area contributed by atoms with Crippen molar-refractivity contribution in [3.63, 3.8) is 0 Å². The Morgan fingerprint density at radius 2 is 1.96 bits per heavy atom. The van der Waals surface area contributed by atoms with E-state index < -0.39 is 0 Å². The van der Waals surface area contributed by atoms with Gasteiger partial charge in [-0.15, -0.1) is 0 Å². The maximum absolute atomic E-state index is 12.9. The van der Waals surface area contributed by atoms with E-state index in [1.54, 1.807) is 31.3 Å². The minimum atomic E-state index is -0.114. The first kappa shape index (κ1) is 20.7. The third-order valence-corrected chi connectivity index (χ3v) is 5.84. The Morgan fingerprint density at radius 1 is 1.21 bits per heavy atom. The van der Waals surface area contributed by atoms with Crippen LogP contribution in [0.15, 0.2) is 52.4 Å². The van der Waals surface area contributed by atoms with Gasteiger partial charge in [-0.2, -0.15) is 0 Å². The van der Waals surface area contributed by atoms with Crippen LogP contribution in [0.3, 0.4) is 0 Å². The number of phenolic OH excluding ortho intramolecular Hbond substituents is 1. The van der Waals surface area contributed by atoms with E-state index in [1.165, 1.54) is 11.8 Å². The monoisotopic (exact) mass is 510 g/mol. The molecule has 1 fully saturated rings. The van der Waals surface area contributed by atoms with Gasteiger partial charge in [-0.1, -0.05) is 6.07 Å². The van der Waals surface area contributed by atoms with E-state index in [4.69, 9.17) is 9.47 Å². The van der Waals surface area contributed by atoms with Crippen molar-refractivity contribution in [2.45, 2.75) is 0 Å². The van der Waals surface area contributed by atoms with E-state index in [2.05, 4.69) is 27.6 Å². The van der Waals surface area contributed by atoms with Crippen molar-refractivity contribution in [1.29, 1.82) is 0 Å². The molecule has 0 spiro atoms. The van der Waals surface area contributed by atoms with Crippen LogP contribution in [0, 0.1) is 3.57 Å². The number of nitrogens with zero attached hydrogens (tertiary/aromatic N) is 2. The molecule has 2 aromatic rings. The number of methoxy groups -OCH3 is 2. The second-order valence-corrected chi connectivity index (χ2v) is 8.03. The van der Waals surface area contributed by atoms with Gasteiger partial charge in [0.1, 0.15) is 11.5 Å². The number of carbonyl (C=O) groups excluding carboxylic acids is 1. The Hall–Kier alpha value is -2.04. The lowest BCUT2D eigenvalue weighted by Crippen LogP contribution is -2.32. The second-order valence-electron chi connectivity index (χ2n) is 5.86. The summed E-state index contributed by atoms with van der Waals surface area (Å²) in [6.45, 7) is 0.833. The number of aliphatic imine (C=N–C) groups is 1. The molecule has 0 saturated carbocycles. The fourth-order valence-electron chi connectivity index (χ4n) is 2.50. The summed E-state index contributed by atoms with van der Waals surface area (Å²) in [5, 5.41) is 10.3. The minimum Gasteiger partial charge on any atom is -0.507 e. The SMILES string of the molecule is COCCN1C(=O)/C(=C/c2ccc(O)c(I)c2)SC1=Nc1ccc(OC)cc1. The Labute approximate surface area is 181 Å². The normalized spacial score (nSPS) is 17.0. The summed E-state index contributed by atoms with van der Waals surface area (Å²) < 4.78 is 11.0. The fourth-order valence-corrected chi connectivity index (χ4v) is 4.07. The molecule has 3 rings (SSSR count). The Balaban J connectivity index is 1.91. The predicted octanol–water partition coefficient (Wildman–Crippen LogP) is 4.26. The van der Waals surface area contributed by atoms with Gasteiger partial charge in [0, 0.05) is 7.11 Å². The largest absolute Gasteiger partial charge is 0.507 e. The molecule has 1 heterocycles. The lowest BCUT2D eigenvalue weighted by Gasteiger charge is -2.14. The summed E-state index contributed by atoms with van der Waals surface area (Å²) in [6.07, 6.45) is 1.81. The molecule has 0 bridgehead atoms. The highest BCUT2D eigenvalue weighted by molar-refractivity contribution is 14.1. The molecule has 8 heteroatoms. The third-order valence-electron chi connectivity index (χ3n) is 3.97. The Kier molecular flexibility index (Phi) is 6.97. The van der Waals surface area contributed by atoms with Crippen LogP contribution >= 0.6 is 34.4 Å². The first-order valence-corrected chi connectivity index (χ1v) is 10.3. The lowest BCUT2D eigenvalue weighted by molar-refractivity contribution is -0.122. The quantitative estimate of drug-likeness (QED) is 0.465. The summed E-state index contributed by atoms with van der Waals surface area (Å²) in [6, 6.07) is 12.6. The highest BCUT2D eigenvalue weighted by atomic mass is 127. The number of halogens is 1. The lowest BCUT2D eigenvalue weighted by atomic mass is 10.2. The second kappa shape index (κ2) is 9.44. The molecule has 28 heavy (non-hydrogen) atoms. The van der Waals surface area contributed by atoms with Gasteiger partial charge in [-0.25, -0.2) is 4.99 Å². The Morgan fingerprint density at radius 3 is 2.61 bits per heavy atom. The molecule has 0 atom stereocenters. The molecule has 1 aliphatic rings. The van der Waals surface area contributed by atoms with Crippen LogP contribution in [-0.4, -0.2) is 48.5 Å². The average molecular weight is 510 g/mol. The first-order chi connectivity index (χ1) is 13.5. The molecule has 2 aromatic carbocycles. The van der Waals surface area contributed by atoms with Gasteiger partial charge in [0.05, 0.1) is 34.4 Å². The van der Waals surface area contributed by atoms with E-state index >= 15 is 0 Å². The maximum atomic E-state index is 12.9. The highest BCUT2D eigenvalue weighted by Gasteiger charge is 2.33. The van der Waals surface area contributed by atoms with Crippen molar-refractivity contribution in [1.82, 2.24) is 4.90 Å². The van der Waals surface area contributed by atoms with Crippen LogP contribution < -0.4 is 4.74 Å². The van der Waals surface area contributed by atoms with Crippen LogP contribution in [0.2, 0.25) is 0 Å². The topological polar surface area (TPSA) is 71.4 Å². The van der Waals surface area contributed by atoms with E-state index in [1.807, 2.05) is 36.4 Å². The van der Waals surface area contributed by atoms with Crippen LogP contribution in [-0.2, 0) is 9.53 Å². The van der Waals surface area contributed by atoms with Crippen molar-refractivity contribution in [3.05, 3.63) is 56.5 Å². The summed E-state index contributed by atoms with van der Waals surface area (Å²) >= 11 is 3.38. The first-order valence-electron chi connectivity index (χ1n) is 8.43. The predicted molar refractivity (Wildman–Crippen MR) is 120 cm³/mol. The number of carbonyl (C=O) groups is 1. The van der Waals surface area contributed by atoms with Gasteiger partial charge in [0.15, 0.2) is 5.17 Å². The number of hydrogen-bond acceptors (Lipinski definition) is 6. The van der Waals surface area contributed by atoms with Crippen molar-refractivity contribution in [3.8, 4) is 11.5 Å². The van der Waals surface area contributed by atoms with Crippen molar-refractivity contribution >= 4 is 57.2 Å². The molecular formula is C20H19IN2O4S. The highest BCUT2D eigenvalue weighted by Crippen LogP contribution is 2.35. The molecule has 1 amide bonds. The Bertz CT molecular complexity index is 928. The number of hydrogen-bond donors (Lipinski definition) is 1. The summed E-state index contributed by atoms with van der Waals surface area (Å²) in [5.74, 6) is 0.854. The number of benzene rings is 2. The molecule has 146 valence electrons. The number of ether oxygens (including phenoxy) is 2. The number of amidine groups is 1. The van der Waals surface area contributed by atoms with Crippen molar-refractivity contribution in [2.24, 2.45) is 4.99 Å². The smallest absolute Gasteiger partial charge is 0.266 e. The molecule has 1 aliphatic heterocycles. The molecule has 1 N–H and O–H groups in total. The number of thioether (sulfide) groups is 1. The summed E-state index contributed by atoms with van der Waals surface area (Å²) in [5.41, 5.74) is 1.58. The number of rotatable bonds is 6. The standard InChI is InChI=1S/C20H19IN2O4S/c1-26-10-9-23-19(25)18(12-13-3-8-17(24)16(21)11-13)28-20(23)22-14-4-6-15(27-2)7-5-14/h3-8,11-12,24H,9-10H2,1-2H3/b18-12-,22-20?. The van der Waals surface area contributed by atoms with Crippen LogP contribution in [0.1, 0.15) is 5.56 Å². The molecule has 1 saturated heterocycles. The number of aromatic hydroxyl groups is 1. The fraction of sp³-hybridized carbons (Fsp3) is 0.200. The molecular weight excluding hydrogens is 491 g/mol. The minimum absolute atomic E-state index is 0.114. The van der Waals surface area contributed by atoms with Crippen LogP contribution in [0.4, 0.5) is 5.69 Å². The van der Waals surface area contributed by atoms with E-state index in [0.717, 1.165) is 20.6 Å². The third kappa shape index (κ3) is 4.86. The number of phenols is 1. The van der Waals surface area contributed by atoms with Gasteiger partial charge in [0.25, 0.3) is 5.91 Å². The zero-order valence-electron chi connectivity index (χ0n) is 15.4. The molecule has 0 aliphatic carbocycles. The molecule has 0 unspecified atom stereocenters. The summed E-state index contributed by atoms with van der Waals surface area (Å²) in [4.78, 5) is 19.7. The van der Waals surface area contributed by atoms with E-state index in [0.29, 0.717) is 23.2 Å². The van der Waals surface area contributed by atoms with Gasteiger partial charge in [-0.05, 0) is 82.4 Å².